The maximum atomic E-state index is 5.47. The van der Waals surface area contributed by atoms with Crippen LogP contribution in [0.5, 0.6) is 0 Å². The van der Waals surface area contributed by atoms with Crippen molar-refractivity contribution in [1.82, 2.24) is 48.2 Å². The van der Waals surface area contributed by atoms with Crippen molar-refractivity contribution >= 4 is 87.6 Å². The number of rotatable bonds is 7. The molecule has 15 aromatic rings. The van der Waals surface area contributed by atoms with Crippen molar-refractivity contribution in [2.45, 2.75) is 6.42 Å². The molecule has 0 N–H and O–H groups in total. The molecule has 0 spiro atoms. The molecule has 0 saturated heterocycles. The molecule has 0 aliphatic rings. The van der Waals surface area contributed by atoms with Crippen molar-refractivity contribution in [2.24, 2.45) is 0 Å². The van der Waals surface area contributed by atoms with Gasteiger partial charge in [-0.1, -0.05) is 121 Å². The first-order valence-electron chi connectivity index (χ1n) is 23.7. The van der Waals surface area contributed by atoms with Crippen molar-refractivity contribution in [3.05, 3.63) is 230 Å². The number of hydrogen-bond acceptors (Lipinski definition) is 6. The molecule has 8 aromatic heterocycles. The standard InChI is InChI=1S/C61H38N10/c1-2-17-38(18-3-1)57-65-56(66-61(67-57)71-51-30-12-4-19-40(51)41-20-5-13-31-52(41)71)36-39-35-54(69-49-28-10-7-22-43(49)46-25-15-33-63-59(46)69)55(70-50-29-11-8-23-44(50)47-26-16-34-64-60(47)70)37-53(39)68-48-27-9-6-21-42(48)45-24-14-32-62-58(45)68/h1-35,37H,36H2. The second-order valence-electron chi connectivity index (χ2n) is 17.9. The second-order valence-corrected chi connectivity index (χ2v) is 17.9. The Labute approximate surface area is 405 Å². The number of aromatic nitrogens is 10. The summed E-state index contributed by atoms with van der Waals surface area (Å²) < 4.78 is 9.11. The minimum absolute atomic E-state index is 0.339. The van der Waals surface area contributed by atoms with E-state index in [1.165, 1.54) is 0 Å². The Hall–Kier alpha value is -9.80. The first-order chi connectivity index (χ1) is 35.2. The van der Waals surface area contributed by atoms with Crippen molar-refractivity contribution < 1.29 is 0 Å². The molecule has 0 atom stereocenters. The fourth-order valence-corrected chi connectivity index (χ4v) is 11.0. The summed E-state index contributed by atoms with van der Waals surface area (Å²) in [6, 6.07) is 70.0. The van der Waals surface area contributed by atoms with Crippen LogP contribution < -0.4 is 0 Å². The lowest BCUT2D eigenvalue weighted by atomic mass is 10.0. The van der Waals surface area contributed by atoms with Crippen LogP contribution in [-0.4, -0.2) is 48.2 Å². The van der Waals surface area contributed by atoms with Crippen LogP contribution >= 0.6 is 0 Å². The van der Waals surface area contributed by atoms with E-state index < -0.39 is 0 Å². The highest BCUT2D eigenvalue weighted by atomic mass is 15.2. The topological polar surface area (TPSA) is 97.1 Å². The zero-order chi connectivity index (χ0) is 46.6. The fourth-order valence-electron chi connectivity index (χ4n) is 11.0. The molecule has 0 bridgehead atoms. The summed E-state index contributed by atoms with van der Waals surface area (Å²) in [5.41, 5.74) is 12.4. The average Bonchev–Trinajstić information content (AvgIpc) is 4.16. The molecule has 0 amide bonds. The Morgan fingerprint density at radius 2 is 0.690 bits per heavy atom. The van der Waals surface area contributed by atoms with Crippen molar-refractivity contribution in [3.8, 4) is 34.4 Å². The molecule has 7 aromatic carbocycles. The number of nitrogens with zero attached hydrogens (tertiary/aromatic N) is 10. The van der Waals surface area contributed by atoms with Gasteiger partial charge in [0, 0.05) is 73.7 Å². The molecule has 15 rings (SSSR count). The summed E-state index contributed by atoms with van der Waals surface area (Å²) in [6.07, 6.45) is 5.98. The molecule has 332 valence electrons. The van der Waals surface area contributed by atoms with E-state index in [2.05, 4.69) is 182 Å². The highest BCUT2D eigenvalue weighted by molar-refractivity contribution is 6.12. The third-order valence-electron chi connectivity index (χ3n) is 14.0. The zero-order valence-corrected chi connectivity index (χ0v) is 38.0. The maximum absolute atomic E-state index is 5.47. The fraction of sp³-hybridized carbons (Fsp3) is 0.0164. The average molecular weight is 911 g/mol. The Morgan fingerprint density at radius 1 is 0.310 bits per heavy atom. The minimum atomic E-state index is 0.339. The summed E-state index contributed by atoms with van der Waals surface area (Å²) in [5, 5.41) is 8.78. The summed E-state index contributed by atoms with van der Waals surface area (Å²) in [4.78, 5) is 31.5. The lowest BCUT2D eigenvalue weighted by molar-refractivity contribution is 0.869. The third kappa shape index (κ3) is 5.88. The summed E-state index contributed by atoms with van der Waals surface area (Å²) in [5.74, 6) is 1.75. The van der Waals surface area contributed by atoms with E-state index in [-0.39, 0.29) is 0 Å². The van der Waals surface area contributed by atoms with Gasteiger partial charge in [-0.15, -0.1) is 0 Å². The number of pyridine rings is 3. The van der Waals surface area contributed by atoms with E-state index >= 15 is 0 Å². The van der Waals surface area contributed by atoms with Gasteiger partial charge >= 0.3 is 0 Å². The van der Waals surface area contributed by atoms with Crippen LogP contribution in [0.25, 0.3) is 122 Å². The molecule has 0 fully saturated rings. The normalized spacial score (nSPS) is 12.0. The predicted octanol–water partition coefficient (Wildman–Crippen LogP) is 13.7. The summed E-state index contributed by atoms with van der Waals surface area (Å²) >= 11 is 0. The molecular formula is C61H38N10. The highest BCUT2D eigenvalue weighted by Crippen LogP contribution is 2.42. The van der Waals surface area contributed by atoms with E-state index in [1.54, 1.807) is 0 Å². The lowest BCUT2D eigenvalue weighted by Crippen LogP contribution is -2.12. The molecule has 0 aliphatic heterocycles. The summed E-state index contributed by atoms with van der Waals surface area (Å²) in [7, 11) is 0. The van der Waals surface area contributed by atoms with Gasteiger partial charge in [0.05, 0.1) is 44.6 Å². The van der Waals surface area contributed by atoms with Crippen LogP contribution in [0.1, 0.15) is 11.4 Å². The van der Waals surface area contributed by atoms with Crippen LogP contribution in [0, 0.1) is 0 Å². The Kier molecular flexibility index (Phi) is 8.48. The molecule has 0 radical (unpaired) electrons. The van der Waals surface area contributed by atoms with Crippen LogP contribution in [-0.2, 0) is 6.42 Å². The molecule has 0 saturated carbocycles. The Morgan fingerprint density at radius 3 is 1.17 bits per heavy atom. The number of para-hydroxylation sites is 5. The molecule has 8 heterocycles. The molecule has 71 heavy (non-hydrogen) atoms. The smallest absolute Gasteiger partial charge is 0.238 e. The van der Waals surface area contributed by atoms with Crippen LogP contribution in [0.4, 0.5) is 0 Å². The van der Waals surface area contributed by atoms with Gasteiger partial charge in [0.15, 0.2) is 5.82 Å². The van der Waals surface area contributed by atoms with Gasteiger partial charge in [-0.05, 0) is 84.4 Å². The van der Waals surface area contributed by atoms with Gasteiger partial charge in [0.1, 0.15) is 22.8 Å². The van der Waals surface area contributed by atoms with E-state index in [0.29, 0.717) is 24.0 Å². The molecule has 0 aliphatic carbocycles. The third-order valence-corrected chi connectivity index (χ3v) is 14.0. The van der Waals surface area contributed by atoms with Crippen molar-refractivity contribution in [1.29, 1.82) is 0 Å². The number of fused-ring (bicyclic) bond motifs is 12. The highest BCUT2D eigenvalue weighted by Gasteiger charge is 2.26. The van der Waals surface area contributed by atoms with Crippen molar-refractivity contribution in [2.75, 3.05) is 0 Å². The van der Waals surface area contributed by atoms with Gasteiger partial charge < -0.3 is 0 Å². The number of benzene rings is 7. The largest absolute Gasteiger partial charge is 0.294 e. The SMILES string of the molecule is c1ccc(-c2nc(Cc3cc(-n4c5ccccc5c5cccnc54)c(-n4c5ccccc5c5cccnc54)cc3-n3c4ccccc4c4cccnc43)nc(-n3c4ccccc4c4ccccc43)n2)cc1. The second kappa shape index (κ2) is 15.4. The Bertz CT molecular complexity index is 4420. The molecular weight excluding hydrogens is 873 g/mol. The first-order valence-corrected chi connectivity index (χ1v) is 23.7. The van der Waals surface area contributed by atoms with Crippen LogP contribution in [0.2, 0.25) is 0 Å². The van der Waals surface area contributed by atoms with Gasteiger partial charge in [0.25, 0.3) is 0 Å². The molecule has 10 nitrogen and oxygen atoms in total. The quantitative estimate of drug-likeness (QED) is 0.158. The van der Waals surface area contributed by atoms with E-state index in [9.17, 15) is 0 Å². The number of hydrogen-bond donors (Lipinski definition) is 0. The van der Waals surface area contributed by atoms with E-state index in [4.69, 9.17) is 29.9 Å². The van der Waals surface area contributed by atoms with E-state index in [0.717, 1.165) is 116 Å². The van der Waals surface area contributed by atoms with Crippen LogP contribution in [0.3, 0.4) is 0 Å². The summed E-state index contributed by atoms with van der Waals surface area (Å²) in [6.45, 7) is 0. The maximum Gasteiger partial charge on any atom is 0.238 e. The monoisotopic (exact) mass is 910 g/mol. The van der Waals surface area contributed by atoms with Crippen LogP contribution in [0.15, 0.2) is 219 Å². The predicted molar refractivity (Wildman–Crippen MR) is 285 cm³/mol. The lowest BCUT2D eigenvalue weighted by Gasteiger charge is -2.21. The van der Waals surface area contributed by atoms with Crippen molar-refractivity contribution in [3.63, 3.8) is 0 Å². The molecule has 0 unspecified atom stereocenters. The minimum Gasteiger partial charge on any atom is -0.294 e. The van der Waals surface area contributed by atoms with E-state index in [1.807, 2.05) is 55.0 Å². The zero-order valence-electron chi connectivity index (χ0n) is 38.0. The van der Waals surface area contributed by atoms with Gasteiger partial charge in [-0.3, -0.25) is 18.3 Å². The van der Waals surface area contributed by atoms with Gasteiger partial charge in [-0.2, -0.15) is 9.97 Å². The molecule has 10 heteroatoms. The van der Waals surface area contributed by atoms with Gasteiger partial charge in [-0.25, -0.2) is 19.9 Å². The first kappa shape index (κ1) is 39.2. The Balaban J connectivity index is 1.09. The van der Waals surface area contributed by atoms with Gasteiger partial charge in [0.2, 0.25) is 5.95 Å².